The van der Waals surface area contributed by atoms with Gasteiger partial charge in [0.15, 0.2) is 0 Å². The van der Waals surface area contributed by atoms with Crippen LogP contribution >= 0.6 is 0 Å². The van der Waals surface area contributed by atoms with Gasteiger partial charge < -0.3 is 9.80 Å². The molecular weight excluding hydrogens is 240 g/mol. The van der Waals surface area contributed by atoms with Crippen LogP contribution in [0.3, 0.4) is 0 Å². The molecule has 0 bridgehead atoms. The lowest BCUT2D eigenvalue weighted by Gasteiger charge is -2.34. The maximum absolute atomic E-state index is 11.7. The number of amides is 2. The first-order valence-electron chi connectivity index (χ1n) is 7.68. The van der Waals surface area contributed by atoms with Crippen LogP contribution in [0, 0.1) is 0 Å². The van der Waals surface area contributed by atoms with Crippen molar-refractivity contribution in [1.29, 1.82) is 0 Å². The van der Waals surface area contributed by atoms with Gasteiger partial charge in [-0.25, -0.2) is 0 Å². The number of carbonyl (C=O) groups is 2. The summed E-state index contributed by atoms with van der Waals surface area (Å²) >= 11 is 0. The molecule has 0 aromatic heterocycles. The number of carbonyl (C=O) groups excluding carboxylic acids is 2. The Kier molecular flexibility index (Phi) is 14.3. The van der Waals surface area contributed by atoms with Crippen LogP contribution in [-0.2, 0) is 9.59 Å². The zero-order valence-corrected chi connectivity index (χ0v) is 13.7. The molecule has 19 heavy (non-hydrogen) atoms. The smallest absolute Gasteiger partial charge is 0.222 e. The van der Waals surface area contributed by atoms with Crippen LogP contribution in [0.4, 0.5) is 0 Å². The van der Waals surface area contributed by atoms with Crippen LogP contribution in [0.2, 0.25) is 0 Å². The predicted molar refractivity (Wildman–Crippen MR) is 81.1 cm³/mol. The summed E-state index contributed by atoms with van der Waals surface area (Å²) in [5.74, 6) is 0.343. The Morgan fingerprint density at radius 1 is 0.895 bits per heavy atom. The normalized spacial score (nSPS) is 13.8. The van der Waals surface area contributed by atoms with Crippen molar-refractivity contribution in [3.63, 3.8) is 0 Å². The molecule has 1 heterocycles. The summed E-state index contributed by atoms with van der Waals surface area (Å²) in [6, 6.07) is 0. The maximum atomic E-state index is 11.7. The fourth-order valence-electron chi connectivity index (χ4n) is 1.76. The van der Waals surface area contributed by atoms with Crippen LogP contribution in [0.25, 0.3) is 0 Å². The Bertz CT molecular complexity index is 234. The molecule has 1 fully saturated rings. The second-order valence-electron chi connectivity index (χ2n) is 3.99. The Balaban J connectivity index is 0. The zero-order valence-electron chi connectivity index (χ0n) is 13.7. The SMILES string of the molecule is CC.CC.CCCCC(=O)N1CCN(C(C)=O)CC1. The van der Waals surface area contributed by atoms with E-state index >= 15 is 0 Å². The Morgan fingerprint density at radius 3 is 1.68 bits per heavy atom. The van der Waals surface area contributed by atoms with Crippen molar-refractivity contribution in [1.82, 2.24) is 9.80 Å². The van der Waals surface area contributed by atoms with Gasteiger partial charge in [0.2, 0.25) is 11.8 Å². The second-order valence-corrected chi connectivity index (χ2v) is 3.99. The van der Waals surface area contributed by atoms with Crippen LogP contribution in [0.5, 0.6) is 0 Å². The number of hydrogen-bond acceptors (Lipinski definition) is 2. The summed E-state index contributed by atoms with van der Waals surface area (Å²) in [5.41, 5.74) is 0. The minimum Gasteiger partial charge on any atom is -0.339 e. The molecule has 0 atom stereocenters. The Labute approximate surface area is 119 Å². The fourth-order valence-corrected chi connectivity index (χ4v) is 1.76. The van der Waals surface area contributed by atoms with Gasteiger partial charge in [0.05, 0.1) is 0 Å². The molecular formula is C15H32N2O2. The topological polar surface area (TPSA) is 40.6 Å². The van der Waals surface area contributed by atoms with Crippen molar-refractivity contribution in [3.8, 4) is 0 Å². The highest BCUT2D eigenvalue weighted by atomic mass is 16.2. The van der Waals surface area contributed by atoms with E-state index in [-0.39, 0.29) is 11.8 Å². The van der Waals surface area contributed by atoms with E-state index in [9.17, 15) is 9.59 Å². The van der Waals surface area contributed by atoms with E-state index in [1.807, 2.05) is 32.6 Å². The molecule has 1 rings (SSSR count). The molecule has 0 N–H and O–H groups in total. The molecule has 1 saturated heterocycles. The van der Waals surface area contributed by atoms with Gasteiger partial charge in [-0.2, -0.15) is 0 Å². The van der Waals surface area contributed by atoms with Gasteiger partial charge in [0.25, 0.3) is 0 Å². The highest BCUT2D eigenvalue weighted by Crippen LogP contribution is 2.06. The first-order chi connectivity index (χ1) is 9.15. The highest BCUT2D eigenvalue weighted by Gasteiger charge is 2.21. The van der Waals surface area contributed by atoms with E-state index in [0.29, 0.717) is 32.6 Å². The number of rotatable bonds is 3. The third-order valence-electron chi connectivity index (χ3n) is 2.82. The van der Waals surface area contributed by atoms with Crippen molar-refractivity contribution >= 4 is 11.8 Å². The predicted octanol–water partition coefficient (Wildman–Crippen LogP) is 2.92. The zero-order chi connectivity index (χ0) is 15.3. The van der Waals surface area contributed by atoms with Gasteiger partial charge in [-0.05, 0) is 6.42 Å². The first kappa shape index (κ1) is 20.3. The van der Waals surface area contributed by atoms with Crippen molar-refractivity contribution in [2.75, 3.05) is 26.2 Å². The molecule has 0 radical (unpaired) electrons. The molecule has 0 saturated carbocycles. The molecule has 1 aliphatic heterocycles. The van der Waals surface area contributed by atoms with Gasteiger partial charge >= 0.3 is 0 Å². The van der Waals surface area contributed by atoms with Crippen LogP contribution < -0.4 is 0 Å². The number of unbranched alkanes of at least 4 members (excludes halogenated alkanes) is 1. The summed E-state index contributed by atoms with van der Waals surface area (Å²) in [6.07, 6.45) is 2.67. The molecule has 0 unspecified atom stereocenters. The van der Waals surface area contributed by atoms with E-state index in [1.54, 1.807) is 11.8 Å². The molecule has 4 heteroatoms. The van der Waals surface area contributed by atoms with Crippen LogP contribution in [0.1, 0.15) is 60.8 Å². The molecule has 1 aliphatic rings. The fraction of sp³-hybridized carbons (Fsp3) is 0.867. The molecule has 114 valence electrons. The third kappa shape index (κ3) is 8.62. The van der Waals surface area contributed by atoms with Crippen molar-refractivity contribution in [2.45, 2.75) is 60.8 Å². The molecule has 4 nitrogen and oxygen atoms in total. The van der Waals surface area contributed by atoms with Crippen LogP contribution in [0.15, 0.2) is 0 Å². The Hall–Kier alpha value is -1.06. The highest BCUT2D eigenvalue weighted by molar-refractivity contribution is 5.77. The van der Waals surface area contributed by atoms with Crippen molar-refractivity contribution in [3.05, 3.63) is 0 Å². The van der Waals surface area contributed by atoms with Gasteiger partial charge in [-0.3, -0.25) is 9.59 Å². The van der Waals surface area contributed by atoms with Crippen molar-refractivity contribution < 1.29 is 9.59 Å². The monoisotopic (exact) mass is 272 g/mol. The summed E-state index contributed by atoms with van der Waals surface area (Å²) in [4.78, 5) is 26.4. The molecule has 0 aliphatic carbocycles. The standard InChI is InChI=1S/C11H20N2O2.2C2H6/c1-3-4-5-11(15)13-8-6-12(7-9-13)10(2)14;2*1-2/h3-9H2,1-2H3;2*1-2H3. The summed E-state index contributed by atoms with van der Waals surface area (Å²) < 4.78 is 0. The largest absolute Gasteiger partial charge is 0.339 e. The lowest BCUT2D eigenvalue weighted by molar-refractivity contribution is -0.138. The van der Waals surface area contributed by atoms with E-state index < -0.39 is 0 Å². The first-order valence-corrected chi connectivity index (χ1v) is 7.68. The van der Waals surface area contributed by atoms with E-state index in [0.717, 1.165) is 12.8 Å². The van der Waals surface area contributed by atoms with E-state index in [2.05, 4.69) is 6.92 Å². The minimum absolute atomic E-state index is 0.107. The van der Waals surface area contributed by atoms with E-state index in [1.165, 1.54) is 0 Å². The quantitative estimate of drug-likeness (QED) is 0.792. The minimum atomic E-state index is 0.107. The van der Waals surface area contributed by atoms with E-state index in [4.69, 9.17) is 0 Å². The number of hydrogen-bond donors (Lipinski definition) is 0. The molecule has 2 amide bonds. The second kappa shape index (κ2) is 13.4. The summed E-state index contributed by atoms with van der Waals surface area (Å²) in [5, 5.41) is 0. The maximum Gasteiger partial charge on any atom is 0.222 e. The van der Waals surface area contributed by atoms with Gasteiger partial charge in [-0.1, -0.05) is 41.0 Å². The summed E-state index contributed by atoms with van der Waals surface area (Å²) in [6.45, 7) is 14.4. The molecule has 0 spiro atoms. The molecule has 0 aromatic rings. The third-order valence-corrected chi connectivity index (χ3v) is 2.82. The lowest BCUT2D eigenvalue weighted by atomic mass is 10.2. The van der Waals surface area contributed by atoms with Gasteiger partial charge in [-0.15, -0.1) is 0 Å². The number of nitrogens with zero attached hydrogens (tertiary/aromatic N) is 2. The lowest BCUT2D eigenvalue weighted by Crippen LogP contribution is -2.50. The average Bonchev–Trinajstić information content (AvgIpc) is 2.49. The van der Waals surface area contributed by atoms with Crippen LogP contribution in [-0.4, -0.2) is 47.8 Å². The molecule has 0 aromatic carbocycles. The Morgan fingerprint density at radius 2 is 1.32 bits per heavy atom. The van der Waals surface area contributed by atoms with Gasteiger partial charge in [0.1, 0.15) is 0 Å². The average molecular weight is 272 g/mol. The van der Waals surface area contributed by atoms with Crippen molar-refractivity contribution in [2.24, 2.45) is 0 Å². The summed E-state index contributed by atoms with van der Waals surface area (Å²) in [7, 11) is 0. The van der Waals surface area contributed by atoms with Gasteiger partial charge in [0, 0.05) is 39.5 Å². The number of piperazine rings is 1.